The van der Waals surface area contributed by atoms with Crippen LogP contribution in [0.25, 0.3) is 10.6 Å². The van der Waals surface area contributed by atoms with Crippen molar-refractivity contribution in [2.75, 3.05) is 19.6 Å². The highest BCUT2D eigenvalue weighted by molar-refractivity contribution is 7.15. The fourth-order valence-corrected chi connectivity index (χ4v) is 5.66. The quantitative estimate of drug-likeness (QED) is 0.455. The fourth-order valence-electron chi connectivity index (χ4n) is 4.82. The minimum Gasteiger partial charge on any atom is -0.489 e. The van der Waals surface area contributed by atoms with Gasteiger partial charge >= 0.3 is 6.18 Å². The van der Waals surface area contributed by atoms with Crippen LogP contribution in [0.15, 0.2) is 36.8 Å². The summed E-state index contributed by atoms with van der Waals surface area (Å²) in [7, 11) is 0. The van der Waals surface area contributed by atoms with Crippen molar-refractivity contribution in [2.24, 2.45) is 5.92 Å². The number of halogens is 3. The molecule has 0 radical (unpaired) electrons. The summed E-state index contributed by atoms with van der Waals surface area (Å²) in [6, 6.07) is 4.82. The van der Waals surface area contributed by atoms with Crippen LogP contribution < -0.4 is 10.1 Å². The zero-order chi connectivity index (χ0) is 26.2. The van der Waals surface area contributed by atoms with E-state index in [1.807, 2.05) is 12.3 Å². The Kier molecular flexibility index (Phi) is 7.17. The van der Waals surface area contributed by atoms with E-state index < -0.39 is 18.0 Å². The topological polar surface area (TPSA) is 80.2 Å². The minimum absolute atomic E-state index is 0.0689. The zero-order valence-corrected chi connectivity index (χ0v) is 21.4. The molecule has 2 atom stereocenters. The second-order valence-electron chi connectivity index (χ2n) is 9.56. The maximum absolute atomic E-state index is 13.3. The fraction of sp³-hybridized carbons (Fsp3) is 0.462. The van der Waals surface area contributed by atoms with Gasteiger partial charge in [-0.3, -0.25) is 9.69 Å². The third kappa shape index (κ3) is 5.77. The smallest absolute Gasteiger partial charge is 0.451 e. The molecule has 0 aliphatic carbocycles. The number of amides is 1. The van der Waals surface area contributed by atoms with Gasteiger partial charge in [-0.25, -0.2) is 15.0 Å². The van der Waals surface area contributed by atoms with E-state index in [4.69, 9.17) is 4.74 Å². The van der Waals surface area contributed by atoms with Gasteiger partial charge in [-0.2, -0.15) is 13.2 Å². The molecule has 3 aromatic rings. The largest absolute Gasteiger partial charge is 0.489 e. The van der Waals surface area contributed by atoms with E-state index in [9.17, 15) is 18.0 Å². The van der Waals surface area contributed by atoms with Crippen molar-refractivity contribution in [2.45, 2.75) is 51.4 Å². The highest BCUT2D eigenvalue weighted by Gasteiger charge is 2.36. The maximum Gasteiger partial charge on any atom is 0.451 e. The molecule has 1 aromatic carbocycles. The van der Waals surface area contributed by atoms with Gasteiger partial charge in [-0.15, -0.1) is 11.3 Å². The van der Waals surface area contributed by atoms with Crippen molar-refractivity contribution in [3.05, 3.63) is 58.6 Å². The number of alkyl halides is 3. The predicted octanol–water partition coefficient (Wildman–Crippen LogP) is 5.15. The summed E-state index contributed by atoms with van der Waals surface area (Å²) < 4.78 is 44.8. The van der Waals surface area contributed by atoms with Gasteiger partial charge in [-0.1, -0.05) is 6.92 Å². The Morgan fingerprint density at radius 3 is 2.49 bits per heavy atom. The zero-order valence-electron chi connectivity index (χ0n) is 20.6. The van der Waals surface area contributed by atoms with Gasteiger partial charge in [0.2, 0.25) is 5.82 Å². The summed E-state index contributed by atoms with van der Waals surface area (Å²) in [6.45, 7) is 6.81. The number of aryl methyl sites for hydroxylation is 1. The second-order valence-corrected chi connectivity index (χ2v) is 10.7. The lowest BCUT2D eigenvalue weighted by Gasteiger charge is -2.44. The number of thiazole rings is 1. The molecule has 1 N–H and O–H groups in total. The molecule has 37 heavy (non-hydrogen) atoms. The van der Waals surface area contributed by atoms with E-state index in [-0.39, 0.29) is 12.0 Å². The van der Waals surface area contributed by atoms with Crippen LogP contribution in [0.5, 0.6) is 5.75 Å². The number of carbonyl (C=O) groups excluding carboxylic acids is 1. The Morgan fingerprint density at radius 1 is 1.16 bits per heavy atom. The molecule has 0 spiro atoms. The van der Waals surface area contributed by atoms with E-state index in [1.54, 1.807) is 30.4 Å². The van der Waals surface area contributed by atoms with Crippen LogP contribution in [0.1, 0.15) is 59.4 Å². The third-order valence-electron chi connectivity index (χ3n) is 6.97. The van der Waals surface area contributed by atoms with Crippen LogP contribution in [0.2, 0.25) is 0 Å². The molecule has 3 fully saturated rings. The van der Waals surface area contributed by atoms with E-state index in [0.717, 1.165) is 66.7 Å². The number of aromatic nitrogens is 3. The molecule has 1 amide bonds. The van der Waals surface area contributed by atoms with Crippen molar-refractivity contribution in [1.82, 2.24) is 25.2 Å². The number of piperidine rings is 3. The number of carbonyl (C=O) groups is 1. The normalized spacial score (nSPS) is 22.0. The molecule has 11 heteroatoms. The molecule has 0 saturated carbocycles. The van der Waals surface area contributed by atoms with Gasteiger partial charge in [0.15, 0.2) is 0 Å². The van der Waals surface area contributed by atoms with Crippen molar-refractivity contribution in [1.29, 1.82) is 0 Å². The first kappa shape index (κ1) is 25.6. The van der Waals surface area contributed by atoms with Gasteiger partial charge in [0, 0.05) is 46.7 Å². The number of nitrogens with zero attached hydrogens (tertiary/aromatic N) is 4. The molecule has 2 aromatic heterocycles. The average molecular weight is 532 g/mol. The number of ether oxygens (including phenoxy) is 1. The summed E-state index contributed by atoms with van der Waals surface area (Å²) in [5.74, 6) is -0.482. The van der Waals surface area contributed by atoms with Crippen LogP contribution in [0.3, 0.4) is 0 Å². The summed E-state index contributed by atoms with van der Waals surface area (Å²) in [4.78, 5) is 28.1. The van der Waals surface area contributed by atoms with Crippen molar-refractivity contribution >= 4 is 17.2 Å². The highest BCUT2D eigenvalue weighted by atomic mass is 32.1. The Hall–Kier alpha value is -3.05. The molecule has 2 bridgehead atoms. The van der Waals surface area contributed by atoms with Crippen LogP contribution in [0, 0.1) is 5.92 Å². The van der Waals surface area contributed by atoms with Gasteiger partial charge < -0.3 is 10.1 Å². The van der Waals surface area contributed by atoms with Crippen molar-refractivity contribution in [3.8, 4) is 16.3 Å². The van der Waals surface area contributed by atoms with Crippen LogP contribution in [-0.4, -0.2) is 51.5 Å². The van der Waals surface area contributed by atoms with E-state index in [0.29, 0.717) is 22.8 Å². The summed E-state index contributed by atoms with van der Waals surface area (Å²) in [5, 5.41) is 3.64. The molecule has 3 saturated heterocycles. The van der Waals surface area contributed by atoms with Crippen molar-refractivity contribution in [3.63, 3.8) is 0 Å². The van der Waals surface area contributed by atoms with Gasteiger partial charge in [0.05, 0.1) is 6.04 Å². The lowest BCUT2D eigenvalue weighted by atomic mass is 9.86. The summed E-state index contributed by atoms with van der Waals surface area (Å²) >= 11 is 1.57. The number of hydrogen-bond donors (Lipinski definition) is 1. The number of rotatable bonds is 7. The Balaban J connectivity index is 1.38. The molecule has 6 rings (SSSR count). The maximum atomic E-state index is 13.3. The van der Waals surface area contributed by atoms with Crippen LogP contribution in [-0.2, 0) is 12.6 Å². The van der Waals surface area contributed by atoms with Gasteiger partial charge in [0.1, 0.15) is 16.9 Å². The lowest BCUT2D eigenvalue weighted by molar-refractivity contribution is -0.145. The third-order valence-corrected chi connectivity index (χ3v) is 8.17. The number of fused-ring (bicyclic) bond motifs is 3. The van der Waals surface area contributed by atoms with Crippen LogP contribution in [0.4, 0.5) is 13.2 Å². The lowest BCUT2D eigenvalue weighted by Crippen LogP contribution is -2.52. The average Bonchev–Trinajstić information content (AvgIpc) is 3.38. The molecule has 5 heterocycles. The number of benzene rings is 1. The second kappa shape index (κ2) is 10.4. The Morgan fingerprint density at radius 2 is 1.89 bits per heavy atom. The Bertz CT molecular complexity index is 1260. The predicted molar refractivity (Wildman–Crippen MR) is 133 cm³/mol. The summed E-state index contributed by atoms with van der Waals surface area (Å²) in [5.41, 5.74) is 1.55. The monoisotopic (exact) mass is 531 g/mol. The van der Waals surface area contributed by atoms with Crippen LogP contribution >= 0.6 is 11.3 Å². The molecule has 7 nitrogen and oxygen atoms in total. The molecular weight excluding hydrogens is 503 g/mol. The highest BCUT2D eigenvalue weighted by Crippen LogP contribution is 2.34. The van der Waals surface area contributed by atoms with E-state index in [1.165, 1.54) is 0 Å². The summed E-state index contributed by atoms with van der Waals surface area (Å²) in [6.07, 6.45) is 2.54. The SMILES string of the molecule is CCc1cnc(-c2cc(O[C@H]3CN4CCC3CC4)cc(C(=O)NC(C)c3cnc(C(F)(F)F)nc3)c2)s1. The minimum atomic E-state index is -4.62. The van der Waals surface area contributed by atoms with Crippen molar-refractivity contribution < 1.29 is 22.7 Å². The number of nitrogens with one attached hydrogen (secondary N) is 1. The van der Waals surface area contributed by atoms with E-state index in [2.05, 4.69) is 32.1 Å². The Labute approximate surface area is 217 Å². The standard InChI is InChI=1S/C26H28F3N5O2S/c1-3-21-13-30-24(37-21)18-8-17(9-20(10-18)36-22-14-34-6-4-16(22)5-7-34)23(35)33-15(2)19-11-31-25(32-12-19)26(27,28)29/h8-13,15-16,22H,3-7,14H2,1-2H3,(H,33,35)/t15?,22-/m0/s1. The first-order chi connectivity index (χ1) is 17.7. The molecule has 3 aliphatic rings. The first-order valence-corrected chi connectivity index (χ1v) is 13.2. The van der Waals surface area contributed by atoms with Gasteiger partial charge in [-0.05, 0) is 63.4 Å². The van der Waals surface area contributed by atoms with E-state index >= 15 is 0 Å². The number of hydrogen-bond acceptors (Lipinski definition) is 7. The molecular formula is C26H28F3N5O2S. The molecule has 196 valence electrons. The molecule has 3 aliphatic heterocycles. The molecule has 1 unspecified atom stereocenters. The first-order valence-electron chi connectivity index (χ1n) is 12.4. The van der Waals surface area contributed by atoms with Gasteiger partial charge in [0.25, 0.3) is 5.91 Å².